The minimum absolute atomic E-state index is 0.0273. The van der Waals surface area contributed by atoms with E-state index in [9.17, 15) is 18.0 Å². The van der Waals surface area contributed by atoms with Crippen LogP contribution in [0.1, 0.15) is 5.69 Å². The summed E-state index contributed by atoms with van der Waals surface area (Å²) in [6.45, 7) is 0. The van der Waals surface area contributed by atoms with E-state index < -0.39 is 23.4 Å². The Labute approximate surface area is 148 Å². The number of carbonyl (C=O) groups excluding carboxylic acids is 1. The monoisotopic (exact) mass is 410 g/mol. The highest BCUT2D eigenvalue weighted by molar-refractivity contribution is 9.10. The summed E-state index contributed by atoms with van der Waals surface area (Å²) >= 11 is 3.12. The number of benzene rings is 2. The van der Waals surface area contributed by atoms with E-state index in [4.69, 9.17) is 4.52 Å². The molecule has 0 unspecified atom stereocenters. The van der Waals surface area contributed by atoms with Crippen molar-refractivity contribution in [1.29, 1.82) is 0 Å². The molecule has 1 aromatic heterocycles. The Balaban J connectivity index is 1.71. The highest BCUT2D eigenvalue weighted by atomic mass is 79.9. The number of carbonyl (C=O) groups is 1. The minimum Gasteiger partial charge on any atom is -0.356 e. The quantitative estimate of drug-likeness (QED) is 0.677. The van der Waals surface area contributed by atoms with Crippen LogP contribution < -0.4 is 5.32 Å². The zero-order valence-electron chi connectivity index (χ0n) is 12.5. The van der Waals surface area contributed by atoms with Gasteiger partial charge < -0.3 is 9.84 Å². The molecule has 0 bridgehead atoms. The molecule has 1 heterocycles. The first-order valence-corrected chi connectivity index (χ1v) is 7.87. The Kier molecular flexibility index (Phi) is 4.89. The van der Waals surface area contributed by atoms with Gasteiger partial charge in [-0.2, -0.15) is 0 Å². The summed E-state index contributed by atoms with van der Waals surface area (Å²) in [4.78, 5) is 12.0. The second-order valence-corrected chi connectivity index (χ2v) is 6.07. The van der Waals surface area contributed by atoms with Gasteiger partial charge in [0.05, 0.1) is 23.4 Å². The van der Waals surface area contributed by atoms with Crippen LogP contribution in [-0.2, 0) is 11.2 Å². The number of rotatable bonds is 4. The van der Waals surface area contributed by atoms with Gasteiger partial charge in [0.15, 0.2) is 5.76 Å². The fraction of sp³-hybridized carbons (Fsp3) is 0.0588. The topological polar surface area (TPSA) is 55.1 Å². The van der Waals surface area contributed by atoms with Crippen molar-refractivity contribution in [3.8, 4) is 11.3 Å². The van der Waals surface area contributed by atoms with E-state index in [1.54, 1.807) is 6.07 Å². The summed E-state index contributed by atoms with van der Waals surface area (Å²) < 4.78 is 45.9. The van der Waals surface area contributed by atoms with Gasteiger partial charge in [0.25, 0.3) is 0 Å². The molecule has 0 saturated heterocycles. The predicted molar refractivity (Wildman–Crippen MR) is 88.3 cm³/mol. The lowest BCUT2D eigenvalue weighted by Gasteiger charge is -2.05. The Bertz CT molecular complexity index is 943. The Morgan fingerprint density at radius 2 is 1.88 bits per heavy atom. The second kappa shape index (κ2) is 7.10. The first kappa shape index (κ1) is 17.2. The molecular formula is C17H10BrF3N2O2. The first-order chi connectivity index (χ1) is 11.9. The molecule has 128 valence electrons. The molecule has 2 aromatic carbocycles. The minimum atomic E-state index is -0.802. The molecular weight excluding hydrogens is 401 g/mol. The van der Waals surface area contributed by atoms with Crippen molar-refractivity contribution in [3.05, 3.63) is 70.1 Å². The van der Waals surface area contributed by atoms with Crippen LogP contribution in [0.2, 0.25) is 0 Å². The Morgan fingerprint density at radius 1 is 1.08 bits per heavy atom. The summed E-state index contributed by atoms with van der Waals surface area (Å²) in [5.74, 6) is -2.55. The predicted octanol–water partition coefficient (Wildman–Crippen LogP) is 4.70. The molecule has 0 spiro atoms. The van der Waals surface area contributed by atoms with Gasteiger partial charge >= 0.3 is 0 Å². The van der Waals surface area contributed by atoms with E-state index in [1.165, 1.54) is 24.3 Å². The molecule has 0 atom stereocenters. The number of amides is 1. The molecule has 0 saturated carbocycles. The molecule has 8 heteroatoms. The van der Waals surface area contributed by atoms with Crippen LogP contribution in [0.4, 0.5) is 18.9 Å². The Hall–Kier alpha value is -2.61. The number of hydrogen-bond donors (Lipinski definition) is 1. The third-order valence-corrected chi connectivity index (χ3v) is 3.80. The lowest BCUT2D eigenvalue weighted by Crippen LogP contribution is -2.15. The van der Waals surface area contributed by atoms with Crippen LogP contribution in [0, 0.1) is 17.5 Å². The van der Waals surface area contributed by atoms with Gasteiger partial charge in [0.2, 0.25) is 5.91 Å². The summed E-state index contributed by atoms with van der Waals surface area (Å²) in [5, 5.41) is 6.09. The summed E-state index contributed by atoms with van der Waals surface area (Å²) in [6, 6.07) is 8.62. The number of halogens is 4. The maximum absolute atomic E-state index is 13.7. The van der Waals surface area contributed by atoms with Crippen molar-refractivity contribution < 1.29 is 22.5 Å². The number of anilines is 1. The zero-order valence-corrected chi connectivity index (χ0v) is 14.1. The highest BCUT2D eigenvalue weighted by Crippen LogP contribution is 2.25. The van der Waals surface area contributed by atoms with Crippen LogP contribution in [0.15, 0.2) is 51.5 Å². The lowest BCUT2D eigenvalue weighted by atomic mass is 10.1. The van der Waals surface area contributed by atoms with Crippen molar-refractivity contribution in [2.24, 2.45) is 0 Å². The average molecular weight is 411 g/mol. The summed E-state index contributed by atoms with van der Waals surface area (Å²) in [7, 11) is 0. The SMILES string of the molecule is O=C(Cc1cc(-c2ccc(F)cc2F)on1)Nc1ccc(Br)cc1F. The number of aromatic nitrogens is 1. The fourth-order valence-electron chi connectivity index (χ4n) is 2.16. The molecule has 3 rings (SSSR count). The van der Waals surface area contributed by atoms with Crippen LogP contribution in [0.3, 0.4) is 0 Å². The molecule has 0 aliphatic rings. The maximum atomic E-state index is 13.7. The third kappa shape index (κ3) is 4.08. The normalized spacial score (nSPS) is 10.7. The maximum Gasteiger partial charge on any atom is 0.230 e. The molecule has 0 aliphatic carbocycles. The zero-order chi connectivity index (χ0) is 18.0. The lowest BCUT2D eigenvalue weighted by molar-refractivity contribution is -0.115. The molecule has 1 amide bonds. The number of nitrogens with one attached hydrogen (secondary N) is 1. The van der Waals surface area contributed by atoms with E-state index in [1.807, 2.05) is 0 Å². The molecule has 4 nitrogen and oxygen atoms in total. The second-order valence-electron chi connectivity index (χ2n) is 5.16. The number of nitrogens with zero attached hydrogens (tertiary/aromatic N) is 1. The standard InChI is InChI=1S/C17H10BrF3N2O2/c18-9-1-4-15(14(21)5-9)22-17(24)8-11-7-16(25-23-11)12-3-2-10(19)6-13(12)20/h1-7H,8H2,(H,22,24). The third-order valence-electron chi connectivity index (χ3n) is 3.30. The average Bonchev–Trinajstić information content (AvgIpc) is 2.98. The van der Waals surface area contributed by atoms with Crippen LogP contribution >= 0.6 is 15.9 Å². The van der Waals surface area contributed by atoms with Gasteiger partial charge in [0.1, 0.15) is 17.5 Å². The first-order valence-electron chi connectivity index (χ1n) is 7.08. The highest BCUT2D eigenvalue weighted by Gasteiger charge is 2.15. The smallest absolute Gasteiger partial charge is 0.230 e. The van der Waals surface area contributed by atoms with Gasteiger partial charge in [-0.15, -0.1) is 0 Å². The fourth-order valence-corrected chi connectivity index (χ4v) is 2.49. The molecule has 0 radical (unpaired) electrons. The van der Waals surface area contributed by atoms with Crippen molar-refractivity contribution in [2.75, 3.05) is 5.32 Å². The molecule has 25 heavy (non-hydrogen) atoms. The van der Waals surface area contributed by atoms with Crippen molar-refractivity contribution >= 4 is 27.5 Å². The summed E-state index contributed by atoms with van der Waals surface area (Å²) in [5.41, 5.74) is 0.287. The van der Waals surface area contributed by atoms with Crippen molar-refractivity contribution in [1.82, 2.24) is 5.16 Å². The molecule has 0 aliphatic heterocycles. The van der Waals surface area contributed by atoms with Gasteiger partial charge in [-0.25, -0.2) is 13.2 Å². The largest absolute Gasteiger partial charge is 0.356 e. The molecule has 0 fully saturated rings. The van der Waals surface area contributed by atoms with E-state index in [2.05, 4.69) is 26.4 Å². The van der Waals surface area contributed by atoms with Gasteiger partial charge in [-0.05, 0) is 30.3 Å². The van der Waals surface area contributed by atoms with Gasteiger partial charge in [0, 0.05) is 16.6 Å². The van der Waals surface area contributed by atoms with Crippen molar-refractivity contribution in [2.45, 2.75) is 6.42 Å². The number of hydrogen-bond acceptors (Lipinski definition) is 3. The van der Waals surface area contributed by atoms with E-state index in [0.29, 0.717) is 4.47 Å². The molecule has 3 aromatic rings. The van der Waals surface area contributed by atoms with E-state index in [-0.39, 0.29) is 29.1 Å². The van der Waals surface area contributed by atoms with Crippen molar-refractivity contribution in [3.63, 3.8) is 0 Å². The summed E-state index contributed by atoms with van der Waals surface area (Å²) in [6.07, 6.45) is -0.193. The van der Waals surface area contributed by atoms with Gasteiger partial charge in [-0.3, -0.25) is 4.79 Å². The van der Waals surface area contributed by atoms with Crippen LogP contribution in [0.5, 0.6) is 0 Å². The van der Waals surface area contributed by atoms with E-state index >= 15 is 0 Å². The molecule has 1 N–H and O–H groups in total. The van der Waals surface area contributed by atoms with Crippen LogP contribution in [0.25, 0.3) is 11.3 Å². The Morgan fingerprint density at radius 3 is 2.60 bits per heavy atom. The van der Waals surface area contributed by atoms with E-state index in [0.717, 1.165) is 12.1 Å². The van der Waals surface area contributed by atoms with Crippen LogP contribution in [-0.4, -0.2) is 11.1 Å². The van der Waals surface area contributed by atoms with Gasteiger partial charge in [-0.1, -0.05) is 21.1 Å².